The molecule has 76 valence electrons. The number of rotatable bonds is 2. The van der Waals surface area contributed by atoms with Crippen molar-refractivity contribution < 1.29 is 14.0 Å². The minimum atomic E-state index is 0.538. The first kappa shape index (κ1) is 8.98. The molecule has 0 N–H and O–H groups in total. The largest absolute Gasteiger partial charge is 0.444 e. The standard InChI is InChI=1S/C8H13N4O2/c1-11(2)6-9-7(13-3)12-4-5-14-8(12)10-6/h4-5H2,1-3H3/q+1. The number of fused-ring (bicyclic) bond motifs is 1. The molecule has 14 heavy (non-hydrogen) atoms. The highest BCUT2D eigenvalue weighted by molar-refractivity contribution is 5.27. The van der Waals surface area contributed by atoms with E-state index in [0.29, 0.717) is 24.6 Å². The molecule has 0 radical (unpaired) electrons. The highest BCUT2D eigenvalue weighted by Crippen LogP contribution is 2.15. The molecule has 2 heterocycles. The van der Waals surface area contributed by atoms with Gasteiger partial charge in [0, 0.05) is 14.1 Å². The lowest BCUT2D eigenvalue weighted by molar-refractivity contribution is -0.690. The molecule has 6 nitrogen and oxygen atoms in total. The van der Waals surface area contributed by atoms with Gasteiger partial charge in [0.15, 0.2) is 0 Å². The fraction of sp³-hybridized carbons (Fsp3) is 0.625. The molecule has 0 bridgehead atoms. The van der Waals surface area contributed by atoms with Crippen molar-refractivity contribution in [2.45, 2.75) is 6.54 Å². The quantitative estimate of drug-likeness (QED) is 0.583. The second-order valence-corrected chi connectivity index (χ2v) is 3.19. The Kier molecular flexibility index (Phi) is 2.11. The molecule has 1 aliphatic rings. The lowest BCUT2D eigenvalue weighted by Gasteiger charge is -2.05. The summed E-state index contributed by atoms with van der Waals surface area (Å²) in [5.41, 5.74) is 0. The Morgan fingerprint density at radius 1 is 1.43 bits per heavy atom. The fourth-order valence-electron chi connectivity index (χ4n) is 1.28. The summed E-state index contributed by atoms with van der Waals surface area (Å²) in [6.07, 6.45) is 0. The molecular formula is C8H13N4O2+. The van der Waals surface area contributed by atoms with Crippen LogP contribution in [-0.2, 0) is 6.54 Å². The molecule has 0 amide bonds. The van der Waals surface area contributed by atoms with Crippen molar-refractivity contribution in [1.29, 1.82) is 0 Å². The van der Waals surface area contributed by atoms with Crippen LogP contribution in [0.5, 0.6) is 12.0 Å². The predicted octanol–water partition coefficient (Wildman–Crippen LogP) is -0.769. The molecule has 2 rings (SSSR count). The van der Waals surface area contributed by atoms with Crippen LogP contribution in [0.1, 0.15) is 0 Å². The third-order valence-electron chi connectivity index (χ3n) is 1.98. The molecule has 1 aliphatic heterocycles. The molecule has 6 heteroatoms. The Labute approximate surface area is 82.1 Å². The van der Waals surface area contributed by atoms with E-state index in [4.69, 9.17) is 9.47 Å². The SMILES string of the molecule is COc1nc(N(C)C)nc2[n+]1CCO2. The van der Waals surface area contributed by atoms with Gasteiger partial charge in [0.2, 0.25) is 0 Å². The van der Waals surface area contributed by atoms with Gasteiger partial charge in [-0.15, -0.1) is 0 Å². The van der Waals surface area contributed by atoms with E-state index < -0.39 is 0 Å². The lowest BCUT2D eigenvalue weighted by Crippen LogP contribution is -2.35. The number of hydrogen-bond acceptors (Lipinski definition) is 5. The van der Waals surface area contributed by atoms with Crippen molar-refractivity contribution in [3.8, 4) is 12.0 Å². The van der Waals surface area contributed by atoms with E-state index in [0.717, 1.165) is 6.54 Å². The molecule has 0 spiro atoms. The van der Waals surface area contributed by atoms with Crippen molar-refractivity contribution in [1.82, 2.24) is 9.97 Å². The number of ether oxygens (including phenoxy) is 2. The van der Waals surface area contributed by atoms with Crippen LogP contribution in [0.4, 0.5) is 5.95 Å². The summed E-state index contributed by atoms with van der Waals surface area (Å²) in [5.74, 6) is 0.593. The van der Waals surface area contributed by atoms with Gasteiger partial charge in [-0.2, -0.15) is 4.57 Å². The maximum Gasteiger partial charge on any atom is 0.442 e. The minimum Gasteiger partial charge on any atom is -0.444 e. The third kappa shape index (κ3) is 1.32. The first-order valence-corrected chi connectivity index (χ1v) is 4.38. The zero-order valence-corrected chi connectivity index (χ0v) is 8.52. The van der Waals surface area contributed by atoms with Gasteiger partial charge in [0.25, 0.3) is 0 Å². The first-order chi connectivity index (χ1) is 6.72. The maximum absolute atomic E-state index is 5.34. The molecule has 1 aromatic heterocycles. The van der Waals surface area contributed by atoms with Crippen molar-refractivity contribution in [2.24, 2.45) is 0 Å². The highest BCUT2D eigenvalue weighted by Gasteiger charge is 2.29. The fourth-order valence-corrected chi connectivity index (χ4v) is 1.28. The number of methoxy groups -OCH3 is 1. The van der Waals surface area contributed by atoms with Gasteiger partial charge in [0.05, 0.1) is 7.11 Å². The first-order valence-electron chi connectivity index (χ1n) is 4.38. The van der Waals surface area contributed by atoms with Crippen LogP contribution in [0.2, 0.25) is 0 Å². The average Bonchev–Trinajstić information content (AvgIpc) is 2.63. The van der Waals surface area contributed by atoms with Crippen LogP contribution >= 0.6 is 0 Å². The van der Waals surface area contributed by atoms with E-state index in [1.807, 2.05) is 23.6 Å². The second-order valence-electron chi connectivity index (χ2n) is 3.19. The Morgan fingerprint density at radius 3 is 2.86 bits per heavy atom. The van der Waals surface area contributed by atoms with E-state index >= 15 is 0 Å². The van der Waals surface area contributed by atoms with Gasteiger partial charge in [-0.25, -0.2) is 0 Å². The number of nitrogens with zero attached hydrogens (tertiary/aromatic N) is 4. The molecule has 0 aliphatic carbocycles. The van der Waals surface area contributed by atoms with Gasteiger partial charge < -0.3 is 14.4 Å². The highest BCUT2D eigenvalue weighted by atomic mass is 16.5. The topological polar surface area (TPSA) is 51.4 Å². The molecular weight excluding hydrogens is 184 g/mol. The molecule has 0 saturated heterocycles. The molecule has 1 aromatic rings. The van der Waals surface area contributed by atoms with E-state index in [-0.39, 0.29) is 0 Å². The monoisotopic (exact) mass is 197 g/mol. The van der Waals surface area contributed by atoms with Crippen LogP contribution < -0.4 is 18.9 Å². The smallest absolute Gasteiger partial charge is 0.442 e. The molecule has 0 atom stereocenters. The molecule has 0 unspecified atom stereocenters. The Bertz CT molecular complexity index is 353. The number of anilines is 1. The van der Waals surface area contributed by atoms with E-state index in [1.54, 1.807) is 7.11 Å². The zero-order chi connectivity index (χ0) is 10.1. The van der Waals surface area contributed by atoms with E-state index in [9.17, 15) is 0 Å². The average molecular weight is 197 g/mol. The van der Waals surface area contributed by atoms with Crippen LogP contribution in [0.3, 0.4) is 0 Å². The van der Waals surface area contributed by atoms with Crippen LogP contribution in [0.25, 0.3) is 0 Å². The Balaban J connectivity index is 2.49. The van der Waals surface area contributed by atoms with Crippen LogP contribution in [0, 0.1) is 0 Å². The molecule has 0 aromatic carbocycles. The minimum absolute atomic E-state index is 0.538. The summed E-state index contributed by atoms with van der Waals surface area (Å²) in [4.78, 5) is 10.3. The van der Waals surface area contributed by atoms with Gasteiger partial charge in [-0.3, -0.25) is 0 Å². The van der Waals surface area contributed by atoms with Gasteiger partial charge >= 0.3 is 18.0 Å². The third-order valence-corrected chi connectivity index (χ3v) is 1.98. The maximum atomic E-state index is 5.34. The number of aromatic nitrogens is 3. The van der Waals surface area contributed by atoms with Crippen LogP contribution in [-0.4, -0.2) is 37.8 Å². The number of hydrogen-bond donors (Lipinski definition) is 0. The Hall–Kier alpha value is -1.59. The summed E-state index contributed by atoms with van der Waals surface area (Å²) in [6.45, 7) is 1.37. The van der Waals surface area contributed by atoms with Crippen molar-refractivity contribution >= 4 is 5.95 Å². The summed E-state index contributed by atoms with van der Waals surface area (Å²) >= 11 is 0. The van der Waals surface area contributed by atoms with Gasteiger partial charge in [0.1, 0.15) is 13.2 Å². The van der Waals surface area contributed by atoms with Crippen molar-refractivity contribution in [3.63, 3.8) is 0 Å². The normalized spacial score (nSPS) is 13.4. The second kappa shape index (κ2) is 3.28. The molecule has 0 saturated carbocycles. The van der Waals surface area contributed by atoms with Gasteiger partial charge in [-0.1, -0.05) is 0 Å². The van der Waals surface area contributed by atoms with Gasteiger partial charge in [-0.05, 0) is 9.97 Å². The zero-order valence-electron chi connectivity index (χ0n) is 8.52. The molecule has 0 fully saturated rings. The van der Waals surface area contributed by atoms with Crippen molar-refractivity contribution in [3.05, 3.63) is 0 Å². The predicted molar refractivity (Wildman–Crippen MR) is 48.6 cm³/mol. The van der Waals surface area contributed by atoms with E-state index in [2.05, 4.69) is 9.97 Å². The Morgan fingerprint density at radius 2 is 2.21 bits per heavy atom. The van der Waals surface area contributed by atoms with E-state index in [1.165, 1.54) is 0 Å². The summed E-state index contributed by atoms with van der Waals surface area (Å²) in [7, 11) is 5.34. The van der Waals surface area contributed by atoms with Crippen LogP contribution in [0.15, 0.2) is 0 Å². The van der Waals surface area contributed by atoms with Crippen molar-refractivity contribution in [2.75, 3.05) is 32.7 Å². The lowest BCUT2D eigenvalue weighted by atomic mass is 10.7. The summed E-state index contributed by atoms with van der Waals surface area (Å²) in [5, 5.41) is 0. The summed E-state index contributed by atoms with van der Waals surface area (Å²) in [6, 6.07) is 1.11. The summed E-state index contributed by atoms with van der Waals surface area (Å²) < 4.78 is 12.3.